The second-order valence-corrected chi connectivity index (χ2v) is 6.23. The van der Waals surface area contributed by atoms with E-state index in [1.54, 1.807) is 37.5 Å². The highest BCUT2D eigenvalue weighted by Crippen LogP contribution is 2.42. The second-order valence-electron chi connectivity index (χ2n) is 5.38. The standard InChI is InChI=1S/C18H12Cl2N2O4/c1-23-14-6-10(7-15-16(14)25-9-24-15)5-13(20)18-21-17(22-26-18)11-3-2-4-12(19)8-11/h2-8H,9H2,1H3/b13-5-. The van der Waals surface area contributed by atoms with E-state index < -0.39 is 0 Å². The van der Waals surface area contributed by atoms with Crippen LogP contribution in [0.3, 0.4) is 0 Å². The lowest BCUT2D eigenvalue weighted by Crippen LogP contribution is -1.93. The molecule has 6 nitrogen and oxygen atoms in total. The molecule has 8 heteroatoms. The zero-order valence-corrected chi connectivity index (χ0v) is 15.0. The Hall–Kier alpha value is -2.70. The molecule has 0 unspecified atom stereocenters. The zero-order chi connectivity index (χ0) is 18.1. The van der Waals surface area contributed by atoms with E-state index in [0.29, 0.717) is 28.1 Å². The first-order valence-corrected chi connectivity index (χ1v) is 8.34. The second kappa shape index (κ2) is 6.90. The summed E-state index contributed by atoms with van der Waals surface area (Å²) in [6.45, 7) is 0.152. The van der Waals surface area contributed by atoms with E-state index in [-0.39, 0.29) is 17.7 Å². The van der Waals surface area contributed by atoms with Gasteiger partial charge < -0.3 is 18.7 Å². The van der Waals surface area contributed by atoms with Crippen molar-refractivity contribution in [3.63, 3.8) is 0 Å². The van der Waals surface area contributed by atoms with Gasteiger partial charge in [-0.3, -0.25) is 0 Å². The molecule has 1 aliphatic rings. The molecular formula is C18H12Cl2N2O4. The van der Waals surface area contributed by atoms with Crippen molar-refractivity contribution >= 4 is 34.3 Å². The van der Waals surface area contributed by atoms with Crippen LogP contribution in [0.15, 0.2) is 40.9 Å². The predicted octanol–water partition coefficient (Wildman–Crippen LogP) is 4.86. The van der Waals surface area contributed by atoms with Crippen LogP contribution in [0.25, 0.3) is 22.5 Å². The molecule has 0 spiro atoms. The summed E-state index contributed by atoms with van der Waals surface area (Å²) in [6, 6.07) is 10.7. The maximum Gasteiger partial charge on any atom is 0.269 e. The molecule has 0 saturated carbocycles. The first-order chi connectivity index (χ1) is 12.6. The molecule has 0 fully saturated rings. The van der Waals surface area contributed by atoms with Crippen molar-refractivity contribution in [2.75, 3.05) is 13.9 Å². The minimum atomic E-state index is 0.152. The van der Waals surface area contributed by atoms with Crippen molar-refractivity contribution in [3.05, 3.63) is 52.9 Å². The lowest BCUT2D eigenvalue weighted by Gasteiger charge is -2.05. The van der Waals surface area contributed by atoms with Gasteiger partial charge >= 0.3 is 0 Å². The van der Waals surface area contributed by atoms with Crippen molar-refractivity contribution in [2.45, 2.75) is 0 Å². The highest BCUT2D eigenvalue weighted by Gasteiger charge is 2.20. The normalized spacial score (nSPS) is 13.1. The Morgan fingerprint density at radius 2 is 2.12 bits per heavy atom. The van der Waals surface area contributed by atoms with E-state index in [2.05, 4.69) is 10.1 Å². The average molecular weight is 391 g/mol. The third-order valence-electron chi connectivity index (χ3n) is 3.69. The Kier molecular flexibility index (Phi) is 4.44. The minimum absolute atomic E-state index is 0.152. The molecule has 1 aromatic heterocycles. The van der Waals surface area contributed by atoms with Gasteiger partial charge in [-0.2, -0.15) is 4.98 Å². The fourth-order valence-corrected chi connectivity index (χ4v) is 2.90. The maximum absolute atomic E-state index is 6.35. The van der Waals surface area contributed by atoms with Crippen LogP contribution in [0, 0.1) is 0 Å². The summed E-state index contributed by atoms with van der Waals surface area (Å²) < 4.78 is 21.3. The highest BCUT2D eigenvalue weighted by molar-refractivity contribution is 6.50. The van der Waals surface area contributed by atoms with Gasteiger partial charge in [0.2, 0.25) is 18.4 Å². The Morgan fingerprint density at radius 1 is 1.23 bits per heavy atom. The first kappa shape index (κ1) is 16.8. The number of nitrogens with zero attached hydrogens (tertiary/aromatic N) is 2. The molecule has 26 heavy (non-hydrogen) atoms. The van der Waals surface area contributed by atoms with Gasteiger partial charge in [-0.15, -0.1) is 0 Å². The number of halogens is 2. The van der Waals surface area contributed by atoms with Gasteiger partial charge in [0.15, 0.2) is 11.5 Å². The van der Waals surface area contributed by atoms with Crippen LogP contribution in [0.2, 0.25) is 5.02 Å². The van der Waals surface area contributed by atoms with Crippen molar-refractivity contribution < 1.29 is 18.7 Å². The number of hydrogen-bond acceptors (Lipinski definition) is 6. The fourth-order valence-electron chi connectivity index (χ4n) is 2.51. The summed E-state index contributed by atoms with van der Waals surface area (Å²) in [6.07, 6.45) is 1.68. The van der Waals surface area contributed by atoms with Crippen LogP contribution >= 0.6 is 23.2 Å². The number of rotatable bonds is 4. The third-order valence-corrected chi connectivity index (χ3v) is 4.19. The predicted molar refractivity (Wildman–Crippen MR) is 97.6 cm³/mol. The molecule has 2 heterocycles. The number of ether oxygens (including phenoxy) is 3. The molecule has 0 radical (unpaired) electrons. The average Bonchev–Trinajstić information content (AvgIpc) is 3.30. The molecule has 1 aliphatic heterocycles. The van der Waals surface area contributed by atoms with E-state index in [9.17, 15) is 0 Å². The summed E-state index contributed by atoms with van der Waals surface area (Å²) in [5, 5.41) is 4.81. The third kappa shape index (κ3) is 3.21. The quantitative estimate of drug-likeness (QED) is 0.633. The van der Waals surface area contributed by atoms with E-state index in [4.69, 9.17) is 41.9 Å². The molecule has 0 aliphatic carbocycles. The van der Waals surface area contributed by atoms with Crippen LogP contribution in [-0.2, 0) is 0 Å². The summed E-state index contributed by atoms with van der Waals surface area (Å²) in [4.78, 5) is 4.31. The van der Waals surface area contributed by atoms with Gasteiger partial charge in [-0.1, -0.05) is 40.5 Å². The van der Waals surface area contributed by atoms with Crippen LogP contribution in [-0.4, -0.2) is 24.0 Å². The van der Waals surface area contributed by atoms with Crippen molar-refractivity contribution in [2.24, 2.45) is 0 Å². The summed E-state index contributed by atoms with van der Waals surface area (Å²) in [5.74, 6) is 2.31. The SMILES string of the molecule is COc1cc(/C=C(\Cl)c2nc(-c3cccc(Cl)c3)no2)cc2c1OCO2. The van der Waals surface area contributed by atoms with E-state index >= 15 is 0 Å². The van der Waals surface area contributed by atoms with E-state index in [0.717, 1.165) is 11.1 Å². The molecule has 2 aromatic carbocycles. The number of benzene rings is 2. The van der Waals surface area contributed by atoms with Crippen LogP contribution in [0.5, 0.6) is 17.2 Å². The Labute approximate surface area is 158 Å². The number of methoxy groups -OCH3 is 1. The topological polar surface area (TPSA) is 66.6 Å². The van der Waals surface area contributed by atoms with Gasteiger partial charge in [-0.05, 0) is 35.9 Å². The van der Waals surface area contributed by atoms with Gasteiger partial charge in [0, 0.05) is 10.6 Å². The number of fused-ring (bicyclic) bond motifs is 1. The smallest absolute Gasteiger partial charge is 0.269 e. The van der Waals surface area contributed by atoms with Crippen molar-refractivity contribution in [1.82, 2.24) is 10.1 Å². The Balaban J connectivity index is 1.65. The van der Waals surface area contributed by atoms with E-state index in [1.807, 2.05) is 12.1 Å². The molecule has 3 aromatic rings. The molecular weight excluding hydrogens is 379 g/mol. The first-order valence-electron chi connectivity index (χ1n) is 7.59. The number of aromatic nitrogens is 2. The molecule has 0 saturated heterocycles. The maximum atomic E-state index is 6.35. The van der Waals surface area contributed by atoms with E-state index in [1.165, 1.54) is 0 Å². The van der Waals surface area contributed by atoms with Gasteiger partial charge in [-0.25, -0.2) is 0 Å². The number of hydrogen-bond donors (Lipinski definition) is 0. The molecule has 132 valence electrons. The monoisotopic (exact) mass is 390 g/mol. The minimum Gasteiger partial charge on any atom is -0.493 e. The summed E-state index contributed by atoms with van der Waals surface area (Å²) in [7, 11) is 1.56. The van der Waals surface area contributed by atoms with Crippen molar-refractivity contribution in [1.29, 1.82) is 0 Å². The molecule has 4 rings (SSSR count). The Morgan fingerprint density at radius 3 is 2.92 bits per heavy atom. The lowest BCUT2D eigenvalue weighted by molar-refractivity contribution is 0.171. The largest absolute Gasteiger partial charge is 0.493 e. The van der Waals surface area contributed by atoms with Gasteiger partial charge in [0.1, 0.15) is 5.03 Å². The summed E-state index contributed by atoms with van der Waals surface area (Å²) >= 11 is 12.3. The fraction of sp³-hybridized carbons (Fsp3) is 0.111. The van der Waals surface area contributed by atoms with Crippen LogP contribution in [0.1, 0.15) is 11.5 Å². The highest BCUT2D eigenvalue weighted by atomic mass is 35.5. The molecule has 0 N–H and O–H groups in total. The van der Waals surface area contributed by atoms with Crippen molar-refractivity contribution in [3.8, 4) is 28.6 Å². The molecule has 0 amide bonds. The van der Waals surface area contributed by atoms with Gasteiger partial charge in [0.05, 0.1) is 7.11 Å². The van der Waals surface area contributed by atoms with Crippen LogP contribution < -0.4 is 14.2 Å². The van der Waals surface area contributed by atoms with Crippen LogP contribution in [0.4, 0.5) is 0 Å². The zero-order valence-electron chi connectivity index (χ0n) is 13.5. The lowest BCUT2D eigenvalue weighted by atomic mass is 10.1. The van der Waals surface area contributed by atoms with Gasteiger partial charge in [0.25, 0.3) is 5.89 Å². The molecule has 0 bridgehead atoms. The summed E-state index contributed by atoms with van der Waals surface area (Å²) in [5.41, 5.74) is 1.49. The molecule has 0 atom stereocenters. The Bertz CT molecular complexity index is 1000.